The number of fused-ring (bicyclic) bond motifs is 1. The number of non-ortho nitro benzene ring substituents is 1. The van der Waals surface area contributed by atoms with E-state index >= 15 is 0 Å². The van der Waals surface area contributed by atoms with E-state index in [0.29, 0.717) is 12.1 Å². The van der Waals surface area contributed by atoms with Crippen molar-refractivity contribution >= 4 is 28.2 Å². The van der Waals surface area contributed by atoms with Gasteiger partial charge in [-0.2, -0.15) is 0 Å². The maximum Gasteiger partial charge on any atom is 0.270 e. The number of rotatable bonds is 8. The molecule has 0 atom stereocenters. The van der Waals surface area contributed by atoms with E-state index in [0.717, 1.165) is 23.2 Å². The molecule has 0 saturated carbocycles. The molecule has 9 nitrogen and oxygen atoms in total. The summed E-state index contributed by atoms with van der Waals surface area (Å²) in [6.45, 7) is 1.04. The lowest BCUT2D eigenvalue weighted by Gasteiger charge is -2.19. The van der Waals surface area contributed by atoms with Crippen molar-refractivity contribution in [3.8, 4) is 0 Å². The van der Waals surface area contributed by atoms with E-state index in [1.165, 1.54) is 24.5 Å². The van der Waals surface area contributed by atoms with Gasteiger partial charge in [-0.3, -0.25) is 24.3 Å². The summed E-state index contributed by atoms with van der Waals surface area (Å²) in [5.74, 6) is -0.318. The van der Waals surface area contributed by atoms with E-state index in [1.54, 1.807) is 0 Å². The van der Waals surface area contributed by atoms with Crippen molar-refractivity contribution in [2.75, 3.05) is 25.0 Å². The summed E-state index contributed by atoms with van der Waals surface area (Å²) in [5, 5.41) is 13.8. The zero-order chi connectivity index (χ0) is 20.8. The van der Waals surface area contributed by atoms with Crippen molar-refractivity contribution in [2.45, 2.75) is 13.0 Å². The van der Waals surface area contributed by atoms with Gasteiger partial charge in [0.25, 0.3) is 11.2 Å². The summed E-state index contributed by atoms with van der Waals surface area (Å²) >= 11 is 0. The predicted molar refractivity (Wildman–Crippen MR) is 110 cm³/mol. The minimum atomic E-state index is -0.574. The first-order valence-electron chi connectivity index (χ1n) is 9.12. The zero-order valence-electron chi connectivity index (χ0n) is 15.9. The molecule has 1 N–H and O–H groups in total. The normalized spacial score (nSPS) is 10.7. The van der Waals surface area contributed by atoms with Gasteiger partial charge < -0.3 is 10.2 Å². The van der Waals surface area contributed by atoms with E-state index < -0.39 is 10.5 Å². The second-order valence-corrected chi connectivity index (χ2v) is 6.60. The van der Waals surface area contributed by atoms with E-state index in [9.17, 15) is 19.7 Å². The molecule has 9 heteroatoms. The van der Waals surface area contributed by atoms with Crippen LogP contribution in [-0.2, 0) is 11.3 Å². The molecule has 0 bridgehead atoms. The van der Waals surface area contributed by atoms with Crippen LogP contribution in [0.15, 0.2) is 59.7 Å². The average Bonchev–Trinajstić information content (AvgIpc) is 2.73. The van der Waals surface area contributed by atoms with Crippen molar-refractivity contribution < 1.29 is 9.72 Å². The van der Waals surface area contributed by atoms with E-state index in [1.807, 2.05) is 37.4 Å². The van der Waals surface area contributed by atoms with Gasteiger partial charge in [0.2, 0.25) is 5.91 Å². The quantitative estimate of drug-likeness (QED) is 0.355. The lowest BCUT2D eigenvalue weighted by Crippen LogP contribution is -2.34. The van der Waals surface area contributed by atoms with Gasteiger partial charge >= 0.3 is 0 Å². The number of aromatic nitrogens is 2. The molecular weight excluding hydrogens is 374 g/mol. The monoisotopic (exact) mass is 395 g/mol. The van der Waals surface area contributed by atoms with Gasteiger partial charge in [-0.1, -0.05) is 18.2 Å². The largest absolute Gasteiger partial charge is 0.375 e. The van der Waals surface area contributed by atoms with Crippen LogP contribution in [0.3, 0.4) is 0 Å². The van der Waals surface area contributed by atoms with Crippen molar-refractivity contribution in [1.82, 2.24) is 14.9 Å². The fraction of sp³-hybridized carbons (Fsp3) is 0.250. The number of carbonyl (C=O) groups is 1. The molecule has 0 saturated heterocycles. The van der Waals surface area contributed by atoms with E-state index in [-0.39, 0.29) is 23.5 Å². The molecular formula is C20H21N5O4. The van der Waals surface area contributed by atoms with Gasteiger partial charge in [0, 0.05) is 38.0 Å². The van der Waals surface area contributed by atoms with E-state index in [4.69, 9.17) is 0 Å². The van der Waals surface area contributed by atoms with Crippen molar-refractivity contribution in [3.05, 3.63) is 75.3 Å². The molecule has 2 aromatic carbocycles. The summed E-state index contributed by atoms with van der Waals surface area (Å²) in [7, 11) is 1.98. The molecule has 0 aliphatic heterocycles. The van der Waals surface area contributed by atoms with Crippen LogP contribution in [0.25, 0.3) is 10.9 Å². The Morgan fingerprint density at radius 1 is 1.24 bits per heavy atom. The number of carbonyl (C=O) groups excluding carboxylic acids is 1. The number of hydrogen-bond acceptors (Lipinski definition) is 6. The second kappa shape index (κ2) is 8.96. The summed E-state index contributed by atoms with van der Waals surface area (Å²) in [4.78, 5) is 41.2. The lowest BCUT2D eigenvalue weighted by atomic mass is 10.2. The van der Waals surface area contributed by atoms with Crippen molar-refractivity contribution in [1.29, 1.82) is 0 Å². The molecule has 1 heterocycles. The highest BCUT2D eigenvalue weighted by Crippen LogP contribution is 2.16. The lowest BCUT2D eigenvalue weighted by molar-refractivity contribution is -0.384. The number of nitro benzene ring substituents is 1. The van der Waals surface area contributed by atoms with Crippen LogP contribution in [0.5, 0.6) is 0 Å². The third kappa shape index (κ3) is 4.95. The maximum absolute atomic E-state index is 12.5. The second-order valence-electron chi connectivity index (χ2n) is 6.60. The van der Waals surface area contributed by atoms with E-state index in [2.05, 4.69) is 15.2 Å². The number of nitrogens with zero attached hydrogens (tertiary/aromatic N) is 4. The first-order valence-corrected chi connectivity index (χ1v) is 9.12. The minimum Gasteiger partial charge on any atom is -0.375 e. The smallest absolute Gasteiger partial charge is 0.270 e. The van der Waals surface area contributed by atoms with Crippen LogP contribution in [0.2, 0.25) is 0 Å². The first-order chi connectivity index (χ1) is 14.0. The molecule has 0 unspecified atom stereocenters. The van der Waals surface area contributed by atoms with Gasteiger partial charge in [0.15, 0.2) is 0 Å². The number of benzene rings is 2. The van der Waals surface area contributed by atoms with Gasteiger partial charge in [0.05, 0.1) is 22.2 Å². The summed E-state index contributed by atoms with van der Waals surface area (Å²) < 4.78 is 1.15. The summed E-state index contributed by atoms with van der Waals surface area (Å²) in [6.07, 6.45) is 2.02. The highest BCUT2D eigenvalue weighted by molar-refractivity contribution is 5.80. The highest BCUT2D eigenvalue weighted by atomic mass is 16.6. The highest BCUT2D eigenvalue weighted by Gasteiger charge is 2.12. The molecule has 150 valence electrons. The zero-order valence-corrected chi connectivity index (χ0v) is 15.9. The number of anilines is 1. The molecule has 29 heavy (non-hydrogen) atoms. The van der Waals surface area contributed by atoms with Crippen LogP contribution >= 0.6 is 0 Å². The Labute approximate surface area is 166 Å². The first kappa shape index (κ1) is 20.0. The summed E-state index contributed by atoms with van der Waals surface area (Å²) in [6, 6.07) is 13.8. The van der Waals surface area contributed by atoms with Crippen LogP contribution in [0.4, 0.5) is 11.4 Å². The van der Waals surface area contributed by atoms with Crippen molar-refractivity contribution in [2.24, 2.45) is 0 Å². The number of nitro groups is 1. The molecule has 3 rings (SSSR count). The number of hydrogen-bond donors (Lipinski definition) is 1. The van der Waals surface area contributed by atoms with Gasteiger partial charge in [-0.15, -0.1) is 0 Å². The van der Waals surface area contributed by atoms with Crippen molar-refractivity contribution in [3.63, 3.8) is 0 Å². The Hall–Kier alpha value is -3.75. The Morgan fingerprint density at radius 2 is 2.00 bits per heavy atom. The average molecular weight is 395 g/mol. The van der Waals surface area contributed by atoms with Crippen LogP contribution in [0, 0.1) is 10.1 Å². The molecule has 0 aliphatic carbocycles. The van der Waals surface area contributed by atoms with Crippen LogP contribution in [0.1, 0.15) is 6.42 Å². The Bertz CT molecular complexity index is 1080. The molecule has 0 fully saturated rings. The predicted octanol–water partition coefficient (Wildman–Crippen LogP) is 1.95. The fourth-order valence-corrected chi connectivity index (χ4v) is 2.94. The number of nitrogens with one attached hydrogen (secondary N) is 1. The standard InChI is InChI=1S/C20H21N5O4/c1-23(15-6-3-2-4-7-15)11-5-10-21-19(26)13-24-14-22-18-9-8-16(25(28)29)12-17(18)20(24)27/h2-4,6-9,12,14H,5,10-11,13H2,1H3,(H,21,26). The Balaban J connectivity index is 1.56. The van der Waals surface area contributed by atoms with Crippen LogP contribution < -0.4 is 15.8 Å². The maximum atomic E-state index is 12.5. The van der Waals surface area contributed by atoms with Gasteiger partial charge in [-0.05, 0) is 24.6 Å². The van der Waals surface area contributed by atoms with Crippen LogP contribution in [-0.4, -0.2) is 40.5 Å². The van der Waals surface area contributed by atoms with Gasteiger partial charge in [0.1, 0.15) is 6.54 Å². The topological polar surface area (TPSA) is 110 Å². The number of amides is 1. The number of para-hydroxylation sites is 1. The molecule has 3 aromatic rings. The minimum absolute atomic E-state index is 0.110. The SMILES string of the molecule is CN(CCCNC(=O)Cn1cnc2ccc([N+](=O)[O-])cc2c1=O)c1ccccc1. The third-order valence-electron chi connectivity index (χ3n) is 4.52. The fourth-order valence-electron chi connectivity index (χ4n) is 2.94. The molecule has 1 aromatic heterocycles. The molecule has 1 amide bonds. The molecule has 0 aliphatic rings. The molecule has 0 radical (unpaired) electrons. The molecule has 0 spiro atoms. The Morgan fingerprint density at radius 3 is 2.72 bits per heavy atom. The van der Waals surface area contributed by atoms with Gasteiger partial charge in [-0.25, -0.2) is 4.98 Å². The Kier molecular flexibility index (Phi) is 6.18. The third-order valence-corrected chi connectivity index (χ3v) is 4.52. The summed E-state index contributed by atoms with van der Waals surface area (Å²) in [5.41, 5.74) is 0.765.